The third-order valence-electron chi connectivity index (χ3n) is 4.74. The van der Waals surface area contributed by atoms with Crippen LogP contribution in [0.4, 0.5) is 0 Å². The maximum Gasteiger partial charge on any atom is 0.251 e. The first-order valence-corrected chi connectivity index (χ1v) is 9.85. The number of carbonyl (C=O) groups excluding carboxylic acids is 1. The molecule has 0 bridgehead atoms. The summed E-state index contributed by atoms with van der Waals surface area (Å²) in [6, 6.07) is 7.25. The van der Waals surface area contributed by atoms with Crippen LogP contribution in [0.3, 0.4) is 0 Å². The summed E-state index contributed by atoms with van der Waals surface area (Å²) in [5, 5.41) is 18.9. The Morgan fingerprint density at radius 1 is 1.22 bits per heavy atom. The topological polar surface area (TPSA) is 89.0 Å². The molecule has 0 aromatic heterocycles. The standard InChI is InChI=1S/C20H33N5O2/c1-4-21-20(24-17-9-13-25(14-10-17)15(2)3)23-12-11-22-19(27)16-5-7-18(26)8-6-16/h5-8,15,17,26H,4,9-14H2,1-3H3,(H,22,27)(H2,21,23,24). The van der Waals surface area contributed by atoms with E-state index in [-0.39, 0.29) is 11.7 Å². The number of piperidine rings is 1. The molecule has 0 atom stereocenters. The van der Waals surface area contributed by atoms with Crippen molar-refractivity contribution in [1.29, 1.82) is 0 Å². The molecule has 1 aromatic rings. The largest absolute Gasteiger partial charge is 0.508 e. The van der Waals surface area contributed by atoms with Crippen molar-refractivity contribution in [1.82, 2.24) is 20.9 Å². The highest BCUT2D eigenvalue weighted by atomic mass is 16.3. The van der Waals surface area contributed by atoms with Crippen molar-refractivity contribution >= 4 is 11.9 Å². The lowest BCUT2D eigenvalue weighted by molar-refractivity contribution is 0.0955. The number of phenolic OH excluding ortho intramolecular Hbond substituents is 1. The second-order valence-corrected chi connectivity index (χ2v) is 7.11. The Morgan fingerprint density at radius 2 is 1.89 bits per heavy atom. The smallest absolute Gasteiger partial charge is 0.251 e. The second-order valence-electron chi connectivity index (χ2n) is 7.11. The highest BCUT2D eigenvalue weighted by Gasteiger charge is 2.21. The van der Waals surface area contributed by atoms with Crippen LogP contribution in [0.5, 0.6) is 5.75 Å². The van der Waals surface area contributed by atoms with E-state index in [9.17, 15) is 9.90 Å². The fourth-order valence-electron chi connectivity index (χ4n) is 3.13. The number of guanidine groups is 1. The molecule has 0 saturated carbocycles. The van der Waals surface area contributed by atoms with Gasteiger partial charge in [0.2, 0.25) is 0 Å². The zero-order chi connectivity index (χ0) is 19.6. The predicted molar refractivity (Wildman–Crippen MR) is 109 cm³/mol. The molecule has 1 heterocycles. The van der Waals surface area contributed by atoms with Gasteiger partial charge in [0, 0.05) is 43.8 Å². The molecule has 0 radical (unpaired) electrons. The van der Waals surface area contributed by atoms with Gasteiger partial charge in [-0.2, -0.15) is 0 Å². The fourth-order valence-corrected chi connectivity index (χ4v) is 3.13. The summed E-state index contributed by atoms with van der Waals surface area (Å²) >= 11 is 0. The van der Waals surface area contributed by atoms with Crippen molar-refractivity contribution in [2.24, 2.45) is 4.99 Å². The normalized spacial score (nSPS) is 16.4. The lowest BCUT2D eigenvalue weighted by Crippen LogP contribution is -2.50. The van der Waals surface area contributed by atoms with E-state index in [1.807, 2.05) is 6.92 Å². The second kappa shape index (κ2) is 10.8. The minimum Gasteiger partial charge on any atom is -0.508 e. The van der Waals surface area contributed by atoms with Crippen molar-refractivity contribution in [3.8, 4) is 5.75 Å². The highest BCUT2D eigenvalue weighted by molar-refractivity contribution is 5.94. The van der Waals surface area contributed by atoms with Gasteiger partial charge >= 0.3 is 0 Å². The quantitative estimate of drug-likeness (QED) is 0.330. The Labute approximate surface area is 162 Å². The number of amides is 1. The number of aromatic hydroxyl groups is 1. The number of hydrogen-bond donors (Lipinski definition) is 4. The fraction of sp³-hybridized carbons (Fsp3) is 0.600. The van der Waals surface area contributed by atoms with Gasteiger partial charge in [0.1, 0.15) is 5.75 Å². The molecule has 0 aliphatic carbocycles. The van der Waals surface area contributed by atoms with Crippen LogP contribution in [0.15, 0.2) is 29.3 Å². The number of likely N-dealkylation sites (tertiary alicyclic amines) is 1. The number of nitrogens with one attached hydrogen (secondary N) is 3. The molecule has 0 unspecified atom stereocenters. The average Bonchev–Trinajstić information content (AvgIpc) is 2.66. The number of carbonyl (C=O) groups is 1. The Kier molecular flexibility index (Phi) is 8.39. The Bertz CT molecular complexity index is 607. The molecule has 1 aromatic carbocycles. The number of nitrogens with zero attached hydrogens (tertiary/aromatic N) is 2. The van der Waals surface area contributed by atoms with Crippen molar-refractivity contribution in [3.63, 3.8) is 0 Å². The zero-order valence-corrected chi connectivity index (χ0v) is 16.7. The predicted octanol–water partition coefficient (Wildman–Crippen LogP) is 1.55. The summed E-state index contributed by atoms with van der Waals surface area (Å²) < 4.78 is 0. The van der Waals surface area contributed by atoms with Crippen molar-refractivity contribution in [2.45, 2.75) is 45.7 Å². The van der Waals surface area contributed by atoms with Gasteiger partial charge in [-0.15, -0.1) is 0 Å². The zero-order valence-electron chi connectivity index (χ0n) is 16.7. The summed E-state index contributed by atoms with van der Waals surface area (Å²) in [6.45, 7) is 10.5. The van der Waals surface area contributed by atoms with Gasteiger partial charge in [0.25, 0.3) is 5.91 Å². The number of aliphatic imine (C=N–C) groups is 1. The maximum absolute atomic E-state index is 12.1. The molecule has 1 amide bonds. The molecule has 1 aliphatic heterocycles. The van der Waals surface area contributed by atoms with Gasteiger partial charge in [-0.05, 0) is 57.9 Å². The van der Waals surface area contributed by atoms with E-state index in [4.69, 9.17) is 0 Å². The lowest BCUT2D eigenvalue weighted by Gasteiger charge is -2.35. The third-order valence-corrected chi connectivity index (χ3v) is 4.74. The van der Waals surface area contributed by atoms with Crippen molar-refractivity contribution < 1.29 is 9.90 Å². The number of hydrogen-bond acceptors (Lipinski definition) is 4. The lowest BCUT2D eigenvalue weighted by atomic mass is 10.0. The first-order chi connectivity index (χ1) is 13.0. The van der Waals surface area contributed by atoms with Gasteiger partial charge in [-0.25, -0.2) is 0 Å². The van der Waals surface area contributed by atoms with Crippen LogP contribution in [-0.2, 0) is 0 Å². The van der Waals surface area contributed by atoms with Crippen molar-refractivity contribution in [2.75, 3.05) is 32.7 Å². The van der Waals surface area contributed by atoms with E-state index in [1.165, 1.54) is 12.1 Å². The molecule has 27 heavy (non-hydrogen) atoms. The molecule has 4 N–H and O–H groups in total. The van der Waals surface area contributed by atoms with Gasteiger partial charge in [0.05, 0.1) is 6.54 Å². The van der Waals surface area contributed by atoms with E-state index in [0.29, 0.717) is 30.7 Å². The molecule has 7 heteroatoms. The van der Waals surface area contributed by atoms with Crippen LogP contribution in [0, 0.1) is 0 Å². The van der Waals surface area contributed by atoms with E-state index in [2.05, 4.69) is 39.7 Å². The van der Waals surface area contributed by atoms with Crippen LogP contribution in [-0.4, -0.2) is 66.7 Å². The van der Waals surface area contributed by atoms with Crippen LogP contribution in [0.25, 0.3) is 0 Å². The van der Waals surface area contributed by atoms with Gasteiger partial charge in [-0.1, -0.05) is 0 Å². The van der Waals surface area contributed by atoms with Crippen LogP contribution in [0.2, 0.25) is 0 Å². The summed E-state index contributed by atoms with van der Waals surface area (Å²) in [5.41, 5.74) is 0.527. The molecule has 7 nitrogen and oxygen atoms in total. The Morgan fingerprint density at radius 3 is 2.48 bits per heavy atom. The van der Waals surface area contributed by atoms with Gasteiger partial charge < -0.3 is 26.0 Å². The number of phenols is 1. The highest BCUT2D eigenvalue weighted by Crippen LogP contribution is 2.12. The third kappa shape index (κ3) is 7.09. The molecular weight excluding hydrogens is 342 g/mol. The Balaban J connectivity index is 1.76. The van der Waals surface area contributed by atoms with E-state index in [1.54, 1.807) is 12.1 Å². The summed E-state index contributed by atoms with van der Waals surface area (Å²) in [6.07, 6.45) is 2.22. The number of rotatable bonds is 7. The van der Waals surface area contributed by atoms with Gasteiger partial charge in [0.15, 0.2) is 5.96 Å². The minimum atomic E-state index is -0.163. The first kappa shape index (κ1) is 21.0. The molecule has 1 fully saturated rings. The summed E-state index contributed by atoms with van der Waals surface area (Å²) in [4.78, 5) is 19.1. The monoisotopic (exact) mass is 375 g/mol. The van der Waals surface area contributed by atoms with Crippen LogP contribution in [0.1, 0.15) is 44.0 Å². The van der Waals surface area contributed by atoms with Crippen molar-refractivity contribution in [3.05, 3.63) is 29.8 Å². The maximum atomic E-state index is 12.1. The summed E-state index contributed by atoms with van der Waals surface area (Å²) in [7, 11) is 0. The molecule has 2 rings (SSSR count). The first-order valence-electron chi connectivity index (χ1n) is 9.85. The molecule has 150 valence electrons. The van der Waals surface area contributed by atoms with Crippen LogP contribution >= 0.6 is 0 Å². The van der Waals surface area contributed by atoms with E-state index < -0.39 is 0 Å². The minimum absolute atomic E-state index is 0.150. The van der Waals surface area contributed by atoms with E-state index in [0.717, 1.165) is 38.4 Å². The van der Waals surface area contributed by atoms with Gasteiger partial charge in [-0.3, -0.25) is 9.79 Å². The average molecular weight is 376 g/mol. The molecule has 1 saturated heterocycles. The summed E-state index contributed by atoms with van der Waals surface area (Å²) in [5.74, 6) is 0.792. The van der Waals surface area contributed by atoms with E-state index >= 15 is 0 Å². The molecule has 1 aliphatic rings. The van der Waals surface area contributed by atoms with Crippen LogP contribution < -0.4 is 16.0 Å². The molecular formula is C20H33N5O2. The molecule has 0 spiro atoms. The SMILES string of the molecule is CCNC(=NCCNC(=O)c1ccc(O)cc1)NC1CCN(C(C)C)CC1. The Hall–Kier alpha value is -2.28. The number of benzene rings is 1.